The van der Waals surface area contributed by atoms with E-state index in [1.807, 2.05) is 14.1 Å². The van der Waals surface area contributed by atoms with Gasteiger partial charge < -0.3 is 14.5 Å². The number of likely N-dealkylation sites (N-methyl/N-ethyl adjacent to an activating group) is 1. The average Bonchev–Trinajstić information content (AvgIpc) is 3.26. The lowest BCUT2D eigenvalue weighted by Crippen LogP contribution is -2.61. The van der Waals surface area contributed by atoms with Crippen LogP contribution in [0.3, 0.4) is 0 Å². The fourth-order valence-corrected chi connectivity index (χ4v) is 4.37. The fraction of sp³-hybridized carbons (Fsp3) is 0.579. The van der Waals surface area contributed by atoms with Gasteiger partial charge in [-0.2, -0.15) is 0 Å². The van der Waals surface area contributed by atoms with Crippen molar-refractivity contribution in [3.8, 4) is 0 Å². The molecule has 0 radical (unpaired) electrons. The number of nitrogens with zero attached hydrogens (tertiary/aromatic N) is 4. The van der Waals surface area contributed by atoms with Gasteiger partial charge in [-0.25, -0.2) is 4.98 Å². The summed E-state index contributed by atoms with van der Waals surface area (Å²) in [6.07, 6.45) is 6.48. The van der Waals surface area contributed by atoms with Crippen LogP contribution in [0.15, 0.2) is 24.7 Å². The molecule has 2 aromatic rings. The Balaban J connectivity index is 1.51. The van der Waals surface area contributed by atoms with Crippen LogP contribution >= 0.6 is 0 Å². The Bertz CT molecular complexity index is 784. The molecule has 0 aromatic carbocycles. The first-order valence-corrected chi connectivity index (χ1v) is 9.33. The van der Waals surface area contributed by atoms with E-state index in [1.165, 1.54) is 5.69 Å². The second-order valence-electron chi connectivity index (χ2n) is 7.83. The van der Waals surface area contributed by atoms with E-state index in [1.54, 1.807) is 11.2 Å². The van der Waals surface area contributed by atoms with Crippen molar-refractivity contribution in [3.63, 3.8) is 0 Å². The number of carbonyl (C=O) groups excluding carboxylic acids is 1. The van der Waals surface area contributed by atoms with Gasteiger partial charge in [0.15, 0.2) is 0 Å². The monoisotopic (exact) mass is 356 g/mol. The average molecular weight is 356 g/mol. The van der Waals surface area contributed by atoms with Crippen LogP contribution < -0.4 is 5.32 Å². The van der Waals surface area contributed by atoms with Crippen molar-refractivity contribution >= 4 is 5.91 Å². The van der Waals surface area contributed by atoms with Crippen molar-refractivity contribution in [1.82, 2.24) is 29.7 Å². The summed E-state index contributed by atoms with van der Waals surface area (Å²) >= 11 is 0. The lowest BCUT2D eigenvalue weighted by atomic mass is 9.78. The molecular weight excluding hydrogens is 328 g/mol. The predicted molar refractivity (Wildman–Crippen MR) is 99.5 cm³/mol. The molecule has 1 atom stereocenters. The van der Waals surface area contributed by atoms with Crippen LogP contribution in [0.1, 0.15) is 29.9 Å². The normalized spacial score (nSPS) is 22.3. The number of piperidine rings is 1. The quantitative estimate of drug-likeness (QED) is 0.855. The highest BCUT2D eigenvalue weighted by Crippen LogP contribution is 2.37. The van der Waals surface area contributed by atoms with Crippen LogP contribution in [-0.2, 0) is 30.3 Å². The first-order valence-electron chi connectivity index (χ1n) is 9.33. The molecule has 0 bridgehead atoms. The van der Waals surface area contributed by atoms with Gasteiger partial charge in [-0.1, -0.05) is 0 Å². The first kappa shape index (κ1) is 17.3. The van der Waals surface area contributed by atoms with E-state index < -0.39 is 0 Å². The largest absolute Gasteiger partial charge is 0.353 e. The summed E-state index contributed by atoms with van der Waals surface area (Å²) < 4.78 is 2.18. The maximum atomic E-state index is 12.6. The molecule has 1 saturated heterocycles. The zero-order valence-corrected chi connectivity index (χ0v) is 15.8. The maximum Gasteiger partial charge on any atom is 0.239 e. The highest BCUT2D eigenvalue weighted by Gasteiger charge is 2.45. The molecule has 0 saturated carbocycles. The highest BCUT2D eigenvalue weighted by molar-refractivity contribution is 5.82. The summed E-state index contributed by atoms with van der Waals surface area (Å²) in [5, 5.41) is 3.68. The predicted octanol–water partition coefficient (Wildman–Crippen LogP) is 0.842. The Kier molecular flexibility index (Phi) is 4.36. The Morgan fingerprint density at radius 3 is 2.81 bits per heavy atom. The molecular formula is C19H28N6O. The van der Waals surface area contributed by atoms with Crippen LogP contribution in [0.5, 0.6) is 0 Å². The van der Waals surface area contributed by atoms with Gasteiger partial charge in [0.2, 0.25) is 5.91 Å². The molecule has 4 heterocycles. The highest BCUT2D eigenvalue weighted by atomic mass is 16.2. The number of hydrogen-bond acceptors (Lipinski definition) is 4. The molecule has 0 aliphatic carbocycles. The van der Waals surface area contributed by atoms with Gasteiger partial charge in [-0.05, 0) is 25.0 Å². The van der Waals surface area contributed by atoms with Gasteiger partial charge in [0, 0.05) is 64.8 Å². The van der Waals surface area contributed by atoms with Crippen LogP contribution in [0.2, 0.25) is 0 Å². The number of hydrogen-bond donors (Lipinski definition) is 2. The van der Waals surface area contributed by atoms with Crippen LogP contribution in [0.4, 0.5) is 0 Å². The third-order valence-corrected chi connectivity index (χ3v) is 5.92. The smallest absolute Gasteiger partial charge is 0.239 e. The Hall–Kier alpha value is -2.12. The molecule has 7 nitrogen and oxygen atoms in total. The topological polar surface area (TPSA) is 69.2 Å². The third-order valence-electron chi connectivity index (χ3n) is 5.92. The molecule has 2 aromatic heterocycles. The van der Waals surface area contributed by atoms with Crippen molar-refractivity contribution in [2.75, 3.05) is 27.2 Å². The minimum atomic E-state index is -0.200. The minimum Gasteiger partial charge on any atom is -0.353 e. The number of aryl methyl sites for hydroxylation is 1. The molecule has 1 fully saturated rings. The number of carbonyl (C=O) groups is 1. The van der Waals surface area contributed by atoms with Crippen LogP contribution in [-0.4, -0.2) is 63.5 Å². The summed E-state index contributed by atoms with van der Waals surface area (Å²) in [7, 11) is 5.74. The van der Waals surface area contributed by atoms with E-state index in [4.69, 9.17) is 0 Å². The minimum absolute atomic E-state index is 0.135. The molecule has 0 unspecified atom stereocenters. The van der Waals surface area contributed by atoms with E-state index in [2.05, 4.69) is 50.1 Å². The molecule has 2 aliphatic rings. The number of amides is 1. The van der Waals surface area contributed by atoms with Gasteiger partial charge in [0.05, 0.1) is 23.6 Å². The fourth-order valence-electron chi connectivity index (χ4n) is 4.37. The van der Waals surface area contributed by atoms with E-state index in [0.717, 1.165) is 43.9 Å². The summed E-state index contributed by atoms with van der Waals surface area (Å²) in [6.45, 7) is 2.95. The summed E-state index contributed by atoms with van der Waals surface area (Å²) in [5.74, 6) is 0.135. The number of H-pyrrole nitrogens is 1. The second kappa shape index (κ2) is 6.55. The van der Waals surface area contributed by atoms with E-state index in [9.17, 15) is 4.79 Å². The number of nitrogens with one attached hydrogen (secondary N) is 2. The molecule has 26 heavy (non-hydrogen) atoms. The number of rotatable bonds is 3. The molecule has 1 amide bonds. The number of aromatic amines is 1. The number of likely N-dealkylation sites (tertiary alicyclic amines) is 1. The lowest BCUT2D eigenvalue weighted by Gasteiger charge is -2.46. The molecule has 7 heteroatoms. The Labute approximate surface area is 154 Å². The maximum absolute atomic E-state index is 12.6. The standard InChI is InChI=1S/C19H28N6O/c1-23(2)18(26)16-11-15-17(21-13-20-15)19(22-16)6-9-25(10-7-19)12-14-5-4-8-24(14)3/h4-5,8,13,16,22H,6-7,9-12H2,1-3H3,(H,20,21)/t16-/m0/s1. The second-order valence-corrected chi connectivity index (χ2v) is 7.83. The zero-order valence-electron chi connectivity index (χ0n) is 15.8. The van der Waals surface area contributed by atoms with Crippen molar-refractivity contribution < 1.29 is 4.79 Å². The van der Waals surface area contributed by atoms with Crippen molar-refractivity contribution in [2.45, 2.75) is 37.4 Å². The summed E-state index contributed by atoms with van der Waals surface area (Å²) in [5.41, 5.74) is 3.35. The van der Waals surface area contributed by atoms with Gasteiger partial charge in [-0.3, -0.25) is 15.0 Å². The Morgan fingerprint density at radius 2 is 2.15 bits per heavy atom. The van der Waals surface area contributed by atoms with Crippen LogP contribution in [0, 0.1) is 0 Å². The molecule has 4 rings (SSSR count). The zero-order chi connectivity index (χ0) is 18.3. The van der Waals surface area contributed by atoms with Crippen molar-refractivity contribution in [1.29, 1.82) is 0 Å². The van der Waals surface area contributed by atoms with Gasteiger partial charge in [0.25, 0.3) is 0 Å². The van der Waals surface area contributed by atoms with Gasteiger partial charge >= 0.3 is 0 Å². The number of aromatic nitrogens is 3. The molecule has 140 valence electrons. The van der Waals surface area contributed by atoms with Crippen LogP contribution in [0.25, 0.3) is 0 Å². The Morgan fingerprint density at radius 1 is 1.38 bits per heavy atom. The van der Waals surface area contributed by atoms with Crippen molar-refractivity contribution in [2.24, 2.45) is 7.05 Å². The van der Waals surface area contributed by atoms with E-state index in [-0.39, 0.29) is 17.5 Å². The van der Waals surface area contributed by atoms with E-state index >= 15 is 0 Å². The number of fused-ring (bicyclic) bond motifs is 2. The first-order chi connectivity index (χ1) is 12.5. The molecule has 2 aliphatic heterocycles. The molecule has 1 spiro atoms. The number of imidazole rings is 1. The summed E-state index contributed by atoms with van der Waals surface area (Å²) in [4.78, 5) is 24.6. The third kappa shape index (κ3) is 2.95. The summed E-state index contributed by atoms with van der Waals surface area (Å²) in [6, 6.07) is 4.09. The molecule has 2 N–H and O–H groups in total. The van der Waals surface area contributed by atoms with Crippen molar-refractivity contribution in [3.05, 3.63) is 41.7 Å². The van der Waals surface area contributed by atoms with Gasteiger partial charge in [-0.15, -0.1) is 0 Å². The SMILES string of the molecule is CN(C)C(=O)[C@@H]1Cc2[nH]cnc2C2(CCN(Cc3cccn3C)CC2)N1. The van der Waals surface area contributed by atoms with E-state index in [0.29, 0.717) is 6.42 Å². The van der Waals surface area contributed by atoms with Gasteiger partial charge in [0.1, 0.15) is 0 Å². The lowest BCUT2D eigenvalue weighted by molar-refractivity contribution is -0.132.